The number of hydrogen-bond acceptors (Lipinski definition) is 10. The lowest BCUT2D eigenvalue weighted by Crippen LogP contribution is -2.41. The van der Waals surface area contributed by atoms with Gasteiger partial charge in [0.05, 0.1) is 36.7 Å². The molecule has 0 bridgehead atoms. The summed E-state index contributed by atoms with van der Waals surface area (Å²) in [7, 11) is -1.08. The first-order valence-corrected chi connectivity index (χ1v) is 15.3. The second-order valence-corrected chi connectivity index (χ2v) is 11.9. The molecule has 1 aliphatic heterocycles. The maximum absolute atomic E-state index is 13.6. The molecule has 226 valence electrons. The standard InChI is InChI=1S/C30H34N6O6S/c1-41-23-13-22(14-24(16-23)42-2)32-29-30(34-27-11-4-3-10-26(27)33-29)35-43(39,40)25-9-5-8-21(15-25)31-28(38)18-36-12-6-7-20(17-36)19-37/h3-5,8-11,13-16,20,37H,6-7,12,17-19H2,1-2H3,(H,31,38)(H,32,33)(H,34,35). The van der Waals surface area contributed by atoms with Crippen molar-refractivity contribution in [3.8, 4) is 11.5 Å². The highest BCUT2D eigenvalue weighted by molar-refractivity contribution is 7.92. The number of likely N-dealkylation sites (tertiary alicyclic amines) is 1. The van der Waals surface area contributed by atoms with E-state index in [0.717, 1.165) is 19.4 Å². The van der Waals surface area contributed by atoms with Crippen LogP contribution in [0, 0.1) is 5.92 Å². The van der Waals surface area contributed by atoms with Crippen LogP contribution in [0.15, 0.2) is 71.6 Å². The number of rotatable bonds is 11. The van der Waals surface area contributed by atoms with Crippen LogP contribution in [0.4, 0.5) is 23.0 Å². The van der Waals surface area contributed by atoms with Gasteiger partial charge in [0.2, 0.25) is 5.91 Å². The largest absolute Gasteiger partial charge is 0.497 e. The molecular weight excluding hydrogens is 572 g/mol. The number of para-hydroxylation sites is 2. The van der Waals surface area contributed by atoms with Crippen LogP contribution in [0.2, 0.25) is 0 Å². The lowest BCUT2D eigenvalue weighted by molar-refractivity contribution is -0.117. The Bertz CT molecular complexity index is 1690. The fraction of sp³-hybridized carbons (Fsp3) is 0.300. The van der Waals surface area contributed by atoms with Crippen LogP contribution in [-0.2, 0) is 14.8 Å². The first kappa shape index (κ1) is 30.0. The van der Waals surface area contributed by atoms with Crippen LogP contribution < -0.4 is 24.8 Å². The minimum Gasteiger partial charge on any atom is -0.497 e. The molecule has 0 saturated carbocycles. The van der Waals surface area contributed by atoms with E-state index in [1.807, 2.05) is 11.0 Å². The van der Waals surface area contributed by atoms with Crippen LogP contribution in [0.25, 0.3) is 11.0 Å². The zero-order valence-electron chi connectivity index (χ0n) is 23.9. The zero-order chi connectivity index (χ0) is 30.4. The molecular formula is C30H34N6O6S. The van der Waals surface area contributed by atoms with E-state index < -0.39 is 10.0 Å². The maximum Gasteiger partial charge on any atom is 0.263 e. The summed E-state index contributed by atoms with van der Waals surface area (Å²) in [5.74, 6) is 1.12. The van der Waals surface area contributed by atoms with E-state index in [2.05, 4.69) is 25.3 Å². The van der Waals surface area contributed by atoms with Crippen molar-refractivity contribution in [1.29, 1.82) is 0 Å². The lowest BCUT2D eigenvalue weighted by Gasteiger charge is -2.31. The smallest absolute Gasteiger partial charge is 0.263 e. The average molecular weight is 607 g/mol. The third-order valence-electron chi connectivity index (χ3n) is 7.07. The SMILES string of the molecule is COc1cc(Nc2nc3ccccc3nc2NS(=O)(=O)c2cccc(NC(=O)CN3CCCC(CO)C3)c2)cc(OC)c1. The Labute approximate surface area is 250 Å². The van der Waals surface area contributed by atoms with E-state index in [0.29, 0.717) is 40.5 Å². The van der Waals surface area contributed by atoms with Gasteiger partial charge < -0.3 is 25.2 Å². The summed E-state index contributed by atoms with van der Waals surface area (Å²) in [5, 5.41) is 15.4. The molecule has 0 aliphatic carbocycles. The van der Waals surface area contributed by atoms with Crippen LogP contribution in [-0.4, -0.2) is 74.8 Å². The maximum atomic E-state index is 13.6. The van der Waals surface area contributed by atoms with Crippen LogP contribution in [0.3, 0.4) is 0 Å². The highest BCUT2D eigenvalue weighted by atomic mass is 32.2. The number of amides is 1. The van der Waals surface area contributed by atoms with E-state index in [4.69, 9.17) is 9.47 Å². The number of aromatic nitrogens is 2. The number of hydrogen-bond donors (Lipinski definition) is 4. The van der Waals surface area contributed by atoms with Crippen LogP contribution >= 0.6 is 0 Å². The van der Waals surface area contributed by atoms with Crippen molar-refractivity contribution in [1.82, 2.24) is 14.9 Å². The monoisotopic (exact) mass is 606 g/mol. The molecule has 1 saturated heterocycles. The molecule has 1 atom stereocenters. The van der Waals surface area contributed by atoms with Gasteiger partial charge in [0.25, 0.3) is 10.0 Å². The molecule has 4 aromatic rings. The Balaban J connectivity index is 1.38. The Kier molecular flexibility index (Phi) is 9.24. The zero-order valence-corrected chi connectivity index (χ0v) is 24.7. The van der Waals surface area contributed by atoms with Gasteiger partial charge in [0.1, 0.15) is 11.5 Å². The Morgan fingerprint density at radius 3 is 2.33 bits per heavy atom. The number of nitrogens with one attached hydrogen (secondary N) is 3. The summed E-state index contributed by atoms with van der Waals surface area (Å²) in [5.41, 5.74) is 1.95. The Morgan fingerprint density at radius 1 is 0.953 bits per heavy atom. The van der Waals surface area contributed by atoms with E-state index in [-0.39, 0.29) is 41.5 Å². The second-order valence-electron chi connectivity index (χ2n) is 10.2. The summed E-state index contributed by atoms with van der Waals surface area (Å²) >= 11 is 0. The fourth-order valence-corrected chi connectivity index (χ4v) is 6.00. The third-order valence-corrected chi connectivity index (χ3v) is 8.41. The number of anilines is 4. The van der Waals surface area contributed by atoms with Gasteiger partial charge in [-0.15, -0.1) is 0 Å². The number of sulfonamides is 1. The molecule has 2 heterocycles. The molecule has 1 fully saturated rings. The highest BCUT2D eigenvalue weighted by Gasteiger charge is 2.23. The normalized spacial score (nSPS) is 15.6. The quantitative estimate of drug-likeness (QED) is 0.198. The number of fused-ring (bicyclic) bond motifs is 1. The van der Waals surface area contributed by atoms with Gasteiger partial charge in [-0.2, -0.15) is 0 Å². The molecule has 0 radical (unpaired) electrons. The number of aliphatic hydroxyl groups excluding tert-OH is 1. The summed E-state index contributed by atoms with van der Waals surface area (Å²) in [4.78, 5) is 23.8. The Hall–Kier alpha value is -4.46. The molecule has 13 heteroatoms. The lowest BCUT2D eigenvalue weighted by atomic mass is 9.99. The van der Waals surface area contributed by atoms with Crippen molar-refractivity contribution in [3.63, 3.8) is 0 Å². The summed E-state index contributed by atoms with van der Waals surface area (Å²) in [6, 6.07) is 18.3. The van der Waals surface area contributed by atoms with Gasteiger partial charge in [-0.25, -0.2) is 18.4 Å². The van der Waals surface area contributed by atoms with Gasteiger partial charge in [-0.1, -0.05) is 18.2 Å². The number of piperidine rings is 1. The van der Waals surface area contributed by atoms with Gasteiger partial charge in [0.15, 0.2) is 11.6 Å². The van der Waals surface area contributed by atoms with E-state index in [1.54, 1.807) is 48.5 Å². The third kappa shape index (κ3) is 7.49. The predicted octanol–water partition coefficient (Wildman–Crippen LogP) is 3.83. The first-order valence-electron chi connectivity index (χ1n) is 13.8. The molecule has 43 heavy (non-hydrogen) atoms. The minimum atomic E-state index is -4.15. The molecule has 5 rings (SSSR count). The van der Waals surface area contributed by atoms with Crippen molar-refractivity contribution < 1.29 is 27.8 Å². The minimum absolute atomic E-state index is 0.0153. The molecule has 12 nitrogen and oxygen atoms in total. The molecule has 1 aliphatic rings. The van der Waals surface area contributed by atoms with Crippen molar-refractivity contribution in [2.45, 2.75) is 17.7 Å². The van der Waals surface area contributed by atoms with Crippen molar-refractivity contribution in [3.05, 3.63) is 66.7 Å². The molecule has 1 amide bonds. The molecule has 1 aromatic heterocycles. The highest BCUT2D eigenvalue weighted by Crippen LogP contribution is 2.31. The number of carbonyl (C=O) groups is 1. The van der Waals surface area contributed by atoms with E-state index in [1.165, 1.54) is 26.4 Å². The fourth-order valence-electron chi connectivity index (χ4n) is 4.95. The Morgan fingerprint density at radius 2 is 1.65 bits per heavy atom. The van der Waals surface area contributed by atoms with Gasteiger partial charge in [0, 0.05) is 42.7 Å². The summed E-state index contributed by atoms with van der Waals surface area (Å²) < 4.78 is 40.4. The number of ether oxygens (including phenoxy) is 2. The molecule has 0 spiro atoms. The average Bonchev–Trinajstić information content (AvgIpc) is 3.01. The summed E-state index contributed by atoms with van der Waals surface area (Å²) in [6.07, 6.45) is 1.85. The first-order chi connectivity index (χ1) is 20.8. The van der Waals surface area contributed by atoms with E-state index in [9.17, 15) is 18.3 Å². The van der Waals surface area contributed by atoms with Crippen LogP contribution in [0.1, 0.15) is 12.8 Å². The van der Waals surface area contributed by atoms with Crippen molar-refractivity contribution in [2.24, 2.45) is 5.92 Å². The topological polar surface area (TPSA) is 155 Å². The van der Waals surface area contributed by atoms with Gasteiger partial charge in [-0.3, -0.25) is 14.4 Å². The number of methoxy groups -OCH3 is 2. The van der Waals surface area contributed by atoms with Crippen molar-refractivity contribution >= 4 is 50.0 Å². The number of benzene rings is 3. The molecule has 1 unspecified atom stereocenters. The number of aliphatic hydroxyl groups is 1. The number of carbonyl (C=O) groups excluding carboxylic acids is 1. The molecule has 4 N–H and O–H groups in total. The molecule has 3 aromatic carbocycles. The number of nitrogens with zero attached hydrogens (tertiary/aromatic N) is 3. The van der Waals surface area contributed by atoms with Crippen molar-refractivity contribution in [2.75, 3.05) is 55.8 Å². The van der Waals surface area contributed by atoms with Gasteiger partial charge >= 0.3 is 0 Å². The van der Waals surface area contributed by atoms with E-state index >= 15 is 0 Å². The second kappa shape index (κ2) is 13.2. The summed E-state index contributed by atoms with van der Waals surface area (Å²) in [6.45, 7) is 1.67. The van der Waals surface area contributed by atoms with Gasteiger partial charge in [-0.05, 0) is 55.6 Å². The predicted molar refractivity (Wildman–Crippen MR) is 164 cm³/mol. The van der Waals surface area contributed by atoms with Crippen LogP contribution in [0.5, 0.6) is 11.5 Å².